The number of oxime groups is 1. The topological polar surface area (TPSA) is 83.5 Å². The fourth-order valence-electron chi connectivity index (χ4n) is 1.96. The first-order valence-electron chi connectivity index (χ1n) is 6.91. The first-order valence-corrected chi connectivity index (χ1v) is 6.91. The molecule has 118 valence electrons. The van der Waals surface area contributed by atoms with Gasteiger partial charge in [0.1, 0.15) is 6.61 Å². The van der Waals surface area contributed by atoms with E-state index in [0.717, 1.165) is 11.1 Å². The van der Waals surface area contributed by atoms with Gasteiger partial charge in [0.2, 0.25) is 5.90 Å². The molecule has 2 rings (SSSR count). The Bertz CT molecular complexity index is 732. The number of aryl methyl sites for hydroxylation is 2. The summed E-state index contributed by atoms with van der Waals surface area (Å²) >= 11 is 0. The Morgan fingerprint density at radius 3 is 2.77 bits per heavy atom. The zero-order chi connectivity index (χ0) is 16.1. The first-order chi connectivity index (χ1) is 10.5. The van der Waals surface area contributed by atoms with E-state index in [1.54, 1.807) is 20.0 Å². The second-order valence-electron chi connectivity index (χ2n) is 4.69. The third kappa shape index (κ3) is 3.33. The van der Waals surface area contributed by atoms with Gasteiger partial charge in [0.15, 0.2) is 0 Å². The van der Waals surface area contributed by atoms with E-state index in [1.165, 1.54) is 9.36 Å². The summed E-state index contributed by atoms with van der Waals surface area (Å²) in [5.74, 6) is 0.453. The lowest BCUT2D eigenvalue weighted by Crippen LogP contribution is -2.23. The summed E-state index contributed by atoms with van der Waals surface area (Å²) in [7, 11) is 1.55. The van der Waals surface area contributed by atoms with E-state index in [1.807, 2.05) is 26.0 Å². The Balaban J connectivity index is 2.30. The lowest BCUT2D eigenvalue weighted by molar-refractivity contribution is 0.119. The van der Waals surface area contributed by atoms with Crippen LogP contribution in [0.1, 0.15) is 25.0 Å². The number of hydrogen-bond acceptors (Lipinski definition) is 6. The van der Waals surface area contributed by atoms with Crippen LogP contribution in [0.5, 0.6) is 0 Å². The predicted molar refractivity (Wildman–Crippen MR) is 80.9 cm³/mol. The van der Waals surface area contributed by atoms with Crippen molar-refractivity contribution in [3.8, 4) is 5.69 Å². The van der Waals surface area contributed by atoms with E-state index in [9.17, 15) is 4.79 Å². The fourth-order valence-corrected chi connectivity index (χ4v) is 1.96. The van der Waals surface area contributed by atoms with E-state index in [0.29, 0.717) is 18.2 Å². The van der Waals surface area contributed by atoms with Crippen LogP contribution < -0.4 is 5.69 Å². The molecule has 0 spiro atoms. The Morgan fingerprint density at radius 1 is 1.36 bits per heavy atom. The largest absolute Gasteiger partial charge is 0.479 e. The lowest BCUT2D eigenvalue weighted by Gasteiger charge is -2.10. The van der Waals surface area contributed by atoms with E-state index in [-0.39, 0.29) is 12.3 Å². The van der Waals surface area contributed by atoms with E-state index in [2.05, 4.69) is 15.6 Å². The average molecular weight is 305 g/mol. The van der Waals surface area contributed by atoms with Gasteiger partial charge in [0.25, 0.3) is 0 Å². The van der Waals surface area contributed by atoms with Crippen LogP contribution in [0.2, 0.25) is 0 Å². The molecular formula is C14H19N5O3. The second kappa shape index (κ2) is 6.88. The van der Waals surface area contributed by atoms with Crippen molar-refractivity contribution < 1.29 is 9.57 Å². The Morgan fingerprint density at radius 2 is 2.14 bits per heavy atom. The molecule has 8 heteroatoms. The molecule has 0 unspecified atom stereocenters. The number of aromatic nitrogens is 4. The maximum atomic E-state index is 12.0. The summed E-state index contributed by atoms with van der Waals surface area (Å²) in [5.41, 5.74) is 2.10. The minimum Gasteiger partial charge on any atom is -0.479 e. The van der Waals surface area contributed by atoms with Crippen molar-refractivity contribution in [1.29, 1.82) is 0 Å². The van der Waals surface area contributed by atoms with E-state index in [4.69, 9.17) is 9.57 Å². The SMILES string of the molecule is CCO/C(C)=N\OCc1c(C)cccc1-n1nnn(C)c1=O. The predicted octanol–water partition coefficient (Wildman–Crippen LogP) is 1.16. The number of benzene rings is 1. The van der Waals surface area contributed by atoms with Crippen LogP contribution >= 0.6 is 0 Å². The van der Waals surface area contributed by atoms with Gasteiger partial charge >= 0.3 is 5.69 Å². The Labute approximate surface area is 127 Å². The quantitative estimate of drug-likeness (QED) is 0.470. The molecule has 0 N–H and O–H groups in total. The highest BCUT2D eigenvalue weighted by Crippen LogP contribution is 2.17. The molecule has 0 amide bonds. The van der Waals surface area contributed by atoms with E-state index >= 15 is 0 Å². The molecule has 1 aromatic carbocycles. The summed E-state index contributed by atoms with van der Waals surface area (Å²) < 4.78 is 7.60. The minimum absolute atomic E-state index is 0.204. The highest BCUT2D eigenvalue weighted by atomic mass is 16.6. The summed E-state index contributed by atoms with van der Waals surface area (Å²) in [6, 6.07) is 5.58. The van der Waals surface area contributed by atoms with Gasteiger partial charge in [-0.2, -0.15) is 9.36 Å². The van der Waals surface area contributed by atoms with Crippen molar-refractivity contribution in [2.24, 2.45) is 12.2 Å². The summed E-state index contributed by atoms with van der Waals surface area (Å²) in [4.78, 5) is 17.3. The molecule has 0 aliphatic carbocycles. The minimum atomic E-state index is -0.319. The van der Waals surface area contributed by atoms with Crippen LogP contribution in [-0.2, 0) is 23.2 Å². The van der Waals surface area contributed by atoms with Crippen molar-refractivity contribution in [1.82, 2.24) is 19.8 Å². The second-order valence-corrected chi connectivity index (χ2v) is 4.69. The van der Waals surface area contributed by atoms with Crippen molar-refractivity contribution in [2.75, 3.05) is 6.61 Å². The molecule has 0 aliphatic rings. The molecule has 0 atom stereocenters. The van der Waals surface area contributed by atoms with Crippen LogP contribution in [0.4, 0.5) is 0 Å². The van der Waals surface area contributed by atoms with Gasteiger partial charge in [-0.05, 0) is 35.9 Å². The third-order valence-corrected chi connectivity index (χ3v) is 3.09. The summed E-state index contributed by atoms with van der Waals surface area (Å²) in [6.45, 7) is 6.26. The van der Waals surface area contributed by atoms with Gasteiger partial charge in [-0.25, -0.2) is 4.79 Å². The average Bonchev–Trinajstić information content (AvgIpc) is 2.81. The van der Waals surface area contributed by atoms with Gasteiger partial charge in [-0.1, -0.05) is 17.3 Å². The number of rotatable bonds is 5. The molecule has 1 aromatic heterocycles. The molecule has 0 fully saturated rings. The zero-order valence-electron chi connectivity index (χ0n) is 13.1. The van der Waals surface area contributed by atoms with Crippen molar-refractivity contribution >= 4 is 5.90 Å². The maximum Gasteiger partial charge on any atom is 0.368 e. The molecule has 0 bridgehead atoms. The number of nitrogens with zero attached hydrogens (tertiary/aromatic N) is 5. The van der Waals surface area contributed by atoms with Crippen LogP contribution in [0, 0.1) is 6.92 Å². The first kappa shape index (κ1) is 15.7. The maximum absolute atomic E-state index is 12.0. The molecule has 0 radical (unpaired) electrons. The molecule has 8 nitrogen and oxygen atoms in total. The monoisotopic (exact) mass is 305 g/mol. The molecule has 1 heterocycles. The molecule has 0 saturated carbocycles. The smallest absolute Gasteiger partial charge is 0.368 e. The van der Waals surface area contributed by atoms with Gasteiger partial charge in [-0.15, -0.1) is 0 Å². The van der Waals surface area contributed by atoms with Gasteiger partial charge in [0, 0.05) is 19.5 Å². The van der Waals surface area contributed by atoms with Crippen LogP contribution in [0.15, 0.2) is 28.1 Å². The van der Waals surface area contributed by atoms with Crippen LogP contribution in [-0.4, -0.2) is 32.3 Å². The van der Waals surface area contributed by atoms with Crippen molar-refractivity contribution in [2.45, 2.75) is 27.4 Å². The molecule has 22 heavy (non-hydrogen) atoms. The number of tetrazole rings is 1. The van der Waals surface area contributed by atoms with E-state index < -0.39 is 0 Å². The molecular weight excluding hydrogens is 286 g/mol. The molecule has 2 aromatic rings. The molecule has 0 saturated heterocycles. The van der Waals surface area contributed by atoms with Crippen LogP contribution in [0.25, 0.3) is 5.69 Å². The number of hydrogen-bond donors (Lipinski definition) is 0. The normalized spacial score (nSPS) is 11.5. The molecule has 0 aliphatic heterocycles. The van der Waals surface area contributed by atoms with Gasteiger partial charge < -0.3 is 9.57 Å². The Kier molecular flexibility index (Phi) is 4.92. The van der Waals surface area contributed by atoms with Gasteiger partial charge in [-0.3, -0.25) is 0 Å². The zero-order valence-corrected chi connectivity index (χ0v) is 13.1. The third-order valence-electron chi connectivity index (χ3n) is 3.09. The summed E-state index contributed by atoms with van der Waals surface area (Å²) in [5, 5.41) is 11.5. The lowest BCUT2D eigenvalue weighted by atomic mass is 10.1. The van der Waals surface area contributed by atoms with Crippen molar-refractivity contribution in [3.63, 3.8) is 0 Å². The Hall–Kier alpha value is -2.64. The van der Waals surface area contributed by atoms with Crippen molar-refractivity contribution in [3.05, 3.63) is 39.8 Å². The van der Waals surface area contributed by atoms with Gasteiger partial charge in [0.05, 0.1) is 12.3 Å². The van der Waals surface area contributed by atoms with Crippen LogP contribution in [0.3, 0.4) is 0 Å². The fraction of sp³-hybridized carbons (Fsp3) is 0.429. The highest BCUT2D eigenvalue weighted by Gasteiger charge is 2.13. The standard InChI is InChI=1S/C14H19N5O3/c1-5-21-11(3)15-22-9-12-10(2)7-6-8-13(12)19-14(20)18(4)16-17-19/h6-8H,5,9H2,1-4H3/b15-11-. The highest BCUT2D eigenvalue weighted by molar-refractivity contribution is 5.72. The number of ether oxygens (including phenoxy) is 1. The summed E-state index contributed by atoms with van der Waals surface area (Å²) in [6.07, 6.45) is 0.